The van der Waals surface area contributed by atoms with Crippen LogP contribution >= 0.6 is 59.4 Å². The van der Waals surface area contributed by atoms with E-state index in [4.69, 9.17) is 0 Å². The number of nitrogens with two attached hydrogens (primary N) is 1. The normalized spacial score (nSPS) is 3.45. The topological polar surface area (TPSA) is 75.4 Å². The van der Waals surface area contributed by atoms with E-state index in [9.17, 15) is 9.59 Å². The van der Waals surface area contributed by atoms with E-state index in [1.807, 2.05) is 69.5 Å². The van der Waals surface area contributed by atoms with Crippen LogP contribution in [0.4, 0.5) is 0 Å². The van der Waals surface area contributed by atoms with Crippen LogP contribution in [0, 0.1) is 22.3 Å². The van der Waals surface area contributed by atoms with Crippen molar-refractivity contribution in [2.75, 3.05) is 28.2 Å². The number of carbonyl (C=O) groups excluding carboxylic acids is 2. The monoisotopic (exact) mass is 827 g/mol. The second-order valence-electron chi connectivity index (χ2n) is 2.52. The molecule has 0 spiro atoms. The van der Waals surface area contributed by atoms with Gasteiger partial charge in [0.25, 0.3) is 0 Å². The number of nitrogens with zero attached hydrogens (tertiary/aromatic N) is 1. The van der Waals surface area contributed by atoms with Crippen molar-refractivity contribution in [3.63, 3.8) is 0 Å². The molecule has 6 atom stereocenters. The summed E-state index contributed by atoms with van der Waals surface area (Å²) in [6, 6.07) is 0. The fourth-order valence-electron chi connectivity index (χ4n) is 0. The molecule has 3 radical (unpaired) electrons. The molecule has 2 amide bonds. The minimum absolute atomic E-state index is 0. The number of rotatable bonds is 0. The van der Waals surface area contributed by atoms with Crippen molar-refractivity contribution in [1.29, 1.82) is 0 Å². The van der Waals surface area contributed by atoms with Gasteiger partial charge in [0.2, 0.25) is 11.8 Å². The summed E-state index contributed by atoms with van der Waals surface area (Å²) in [4.78, 5) is 20.8. The minimum atomic E-state index is -0.333. The average Bonchev–Trinajstić information content (AvgIpc) is 2.47. The van der Waals surface area contributed by atoms with Gasteiger partial charge in [0.05, 0.1) is 0 Å². The Morgan fingerprint density at radius 2 is 0.606 bits per heavy atom. The molecule has 0 aromatic rings. The Bertz CT molecular complexity index is 173. The van der Waals surface area contributed by atoms with E-state index in [2.05, 4.69) is 11.1 Å². The van der Waals surface area contributed by atoms with E-state index in [1.165, 1.54) is 18.7 Å². The minimum Gasteiger partial charge on any atom is -0.370 e. The van der Waals surface area contributed by atoms with Crippen molar-refractivity contribution >= 4 is 71.2 Å². The van der Waals surface area contributed by atoms with E-state index in [0.717, 1.165) is 0 Å². The summed E-state index contributed by atoms with van der Waals surface area (Å²) in [7, 11) is 7.20. The number of amides is 2. The molecule has 0 aliphatic heterocycles. The molecule has 0 aromatic heterocycles. The molecule has 0 aliphatic carbocycles. The zero-order valence-electron chi connectivity index (χ0n) is 26.3. The van der Waals surface area contributed by atoms with Crippen LogP contribution in [0.1, 0.15) is 69.2 Å². The zero-order valence-corrected chi connectivity index (χ0v) is 43.3. The first-order valence-corrected chi connectivity index (χ1v) is 7.81. The van der Waals surface area contributed by atoms with Crippen molar-refractivity contribution in [2.24, 2.45) is 5.73 Å². The Hall–Kier alpha value is 4.79. The SMILES string of the molecule is CC.CC.CC.CC.CC(=O)N(C)C.CC(N)=O.CNC.P.P.P.P.P.P.[CH3-].[CH3-].[CH3-].[Y].[Y].[Y]. The summed E-state index contributed by atoms with van der Waals surface area (Å²) in [5, 5.41) is 2.75. The maximum atomic E-state index is 10.1. The van der Waals surface area contributed by atoms with Crippen molar-refractivity contribution in [3.8, 4) is 0 Å². The summed E-state index contributed by atoms with van der Waals surface area (Å²) in [5.74, 6) is -0.241. The predicted octanol–water partition coefficient (Wildman–Crippen LogP) is 5.22. The van der Waals surface area contributed by atoms with Crippen LogP contribution in [0.3, 0.4) is 0 Å². The first-order chi connectivity index (χ1) is 9.79. The fourth-order valence-corrected chi connectivity index (χ4v) is 0. The molecule has 0 saturated heterocycles. The van der Waals surface area contributed by atoms with Gasteiger partial charge in [-0.25, -0.2) is 0 Å². The van der Waals surface area contributed by atoms with Crippen LogP contribution in [-0.4, -0.2) is 44.9 Å². The second-order valence-corrected chi connectivity index (χ2v) is 2.52. The Kier molecular flexibility index (Phi) is 946. The molecule has 5 nitrogen and oxygen atoms in total. The number of hydrogen-bond donors (Lipinski definition) is 2. The Balaban J connectivity index is -0.00000000399. The zero-order chi connectivity index (χ0) is 19.4. The maximum Gasteiger partial charge on any atom is 0.218 e. The number of hydrogen-bond acceptors (Lipinski definition) is 3. The summed E-state index contributed by atoms with van der Waals surface area (Å²) >= 11 is 0. The third-order valence-electron chi connectivity index (χ3n) is 0.630. The van der Waals surface area contributed by atoms with Gasteiger partial charge < -0.3 is 38.2 Å². The Labute approximate surface area is 310 Å². The van der Waals surface area contributed by atoms with Crippen molar-refractivity contribution in [2.45, 2.75) is 69.2 Å². The molecular weight excluding hydrogens is 755 g/mol. The molecule has 14 heteroatoms. The molecule has 0 fully saturated rings. The molecule has 33 heavy (non-hydrogen) atoms. The molecule has 6 unspecified atom stereocenters. The fraction of sp³-hybridized carbons (Fsp3) is 0.737. The van der Waals surface area contributed by atoms with Gasteiger partial charge >= 0.3 is 0 Å². The van der Waals surface area contributed by atoms with E-state index in [1.54, 1.807) is 14.1 Å². The van der Waals surface area contributed by atoms with E-state index < -0.39 is 0 Å². The standard InChI is InChI=1S/C4H9NO.C2H5NO.C2H7N.4C2H6.3CH3.6H3P.3Y/c1-4(6)5(2)3;1-2(3)4;1-3-2;4*1-2;;;;;;;;;;;;/h1-3H3;1H3,(H2,3,4);3H,1-2H3;4*1-2H3;9*1H3;;;/q;;;;;;;3*-1;;;;;;;;;. The van der Waals surface area contributed by atoms with E-state index in [-0.39, 0.29) is 192 Å². The summed E-state index contributed by atoms with van der Waals surface area (Å²) in [6.07, 6.45) is 0. The smallest absolute Gasteiger partial charge is 0.218 e. The van der Waals surface area contributed by atoms with Crippen molar-refractivity contribution in [1.82, 2.24) is 10.2 Å². The molecule has 217 valence electrons. The Morgan fingerprint density at radius 3 is 0.606 bits per heavy atom. The van der Waals surface area contributed by atoms with Crippen molar-refractivity contribution < 1.29 is 108 Å². The van der Waals surface area contributed by atoms with Crippen LogP contribution in [0.25, 0.3) is 0 Å². The Morgan fingerprint density at radius 1 is 0.576 bits per heavy atom. The van der Waals surface area contributed by atoms with Gasteiger partial charge in [-0.15, -0.1) is 0 Å². The van der Waals surface area contributed by atoms with Crippen LogP contribution in [-0.2, 0) is 108 Å². The van der Waals surface area contributed by atoms with Crippen LogP contribution < -0.4 is 11.1 Å². The van der Waals surface area contributed by atoms with Gasteiger partial charge in [0.1, 0.15) is 0 Å². The van der Waals surface area contributed by atoms with E-state index in [0.29, 0.717) is 0 Å². The average molecular weight is 827 g/mol. The first-order valence-electron chi connectivity index (χ1n) is 7.81. The van der Waals surface area contributed by atoms with Crippen LogP contribution in [0.2, 0.25) is 0 Å². The molecule has 3 N–H and O–H groups in total. The molecule has 0 heterocycles. The molecule has 0 aliphatic rings. The van der Waals surface area contributed by atoms with Gasteiger partial charge in [-0.3, -0.25) is 9.59 Å². The quantitative estimate of drug-likeness (QED) is 0.260. The predicted molar refractivity (Wildman–Crippen MR) is 185 cm³/mol. The largest absolute Gasteiger partial charge is 0.370 e. The third-order valence-corrected chi connectivity index (χ3v) is 0.630. The molecule has 0 bridgehead atoms. The number of primary amides is 1. The first kappa shape index (κ1) is 145. The maximum absolute atomic E-state index is 10.1. The number of carbonyl (C=O) groups is 2. The van der Waals surface area contributed by atoms with Gasteiger partial charge in [0.15, 0.2) is 0 Å². The van der Waals surface area contributed by atoms with Crippen LogP contribution in [0.15, 0.2) is 0 Å². The van der Waals surface area contributed by atoms with Crippen LogP contribution in [0.5, 0.6) is 0 Å². The molecule has 0 saturated carbocycles. The molecule has 0 rings (SSSR count). The summed E-state index contributed by atoms with van der Waals surface area (Å²) in [5.41, 5.74) is 4.47. The van der Waals surface area contributed by atoms with Gasteiger partial charge in [-0.2, -0.15) is 59.4 Å². The van der Waals surface area contributed by atoms with Crippen molar-refractivity contribution in [3.05, 3.63) is 22.3 Å². The summed E-state index contributed by atoms with van der Waals surface area (Å²) < 4.78 is 0. The molecular formula is C19H72N3O2P6Y3-3. The van der Waals surface area contributed by atoms with Gasteiger partial charge in [-0.05, 0) is 14.1 Å². The second kappa shape index (κ2) is 215. The number of nitrogens with one attached hydrogen (secondary N) is 1. The molecule has 0 aromatic carbocycles. The summed E-state index contributed by atoms with van der Waals surface area (Å²) in [6.45, 7) is 18.8. The van der Waals surface area contributed by atoms with Gasteiger partial charge in [-0.1, -0.05) is 55.4 Å². The third kappa shape index (κ3) is 576. The van der Waals surface area contributed by atoms with E-state index >= 15 is 0 Å². The van der Waals surface area contributed by atoms with Gasteiger partial charge in [0, 0.05) is 126 Å².